The van der Waals surface area contributed by atoms with E-state index in [1.807, 2.05) is 94.2 Å². The van der Waals surface area contributed by atoms with E-state index in [0.29, 0.717) is 25.3 Å². The molecule has 34 heavy (non-hydrogen) atoms. The number of hydrogen-bond acceptors (Lipinski definition) is 6. The van der Waals surface area contributed by atoms with E-state index < -0.39 is 0 Å². The number of hydrogen-bond donors (Lipinski definition) is 1. The third kappa shape index (κ3) is 4.99. The summed E-state index contributed by atoms with van der Waals surface area (Å²) in [6, 6.07) is 27.7. The van der Waals surface area contributed by atoms with Crippen molar-refractivity contribution in [2.75, 3.05) is 5.75 Å². The summed E-state index contributed by atoms with van der Waals surface area (Å²) in [5, 5.41) is 21.1. The number of carbonyl (C=O) groups excluding carboxylic acids is 1. The van der Waals surface area contributed by atoms with Crippen LogP contribution in [0.15, 0.2) is 90.1 Å². The number of carbonyl (C=O) groups is 1. The van der Waals surface area contributed by atoms with E-state index in [0.717, 1.165) is 33.3 Å². The minimum atomic E-state index is 0.0106. The molecular formula is C25H23N7OS. The smallest absolute Gasteiger partial charge is 0.221 e. The van der Waals surface area contributed by atoms with Crippen LogP contribution in [0.3, 0.4) is 0 Å². The van der Waals surface area contributed by atoms with Crippen LogP contribution < -0.4 is 5.32 Å². The lowest BCUT2D eigenvalue weighted by molar-refractivity contribution is -0.120. The molecule has 0 saturated carbocycles. The molecule has 2 aromatic heterocycles. The van der Waals surface area contributed by atoms with E-state index >= 15 is 0 Å². The summed E-state index contributed by atoms with van der Waals surface area (Å²) in [5.41, 5.74) is 3.82. The largest absolute Gasteiger partial charge is 0.352 e. The van der Waals surface area contributed by atoms with Crippen molar-refractivity contribution in [2.45, 2.75) is 24.7 Å². The van der Waals surface area contributed by atoms with Crippen LogP contribution in [0.25, 0.3) is 16.7 Å². The zero-order chi connectivity index (χ0) is 23.2. The number of para-hydroxylation sites is 2. The highest BCUT2D eigenvalue weighted by Crippen LogP contribution is 2.23. The van der Waals surface area contributed by atoms with Gasteiger partial charge in [-0.05, 0) is 29.8 Å². The number of nitrogens with one attached hydrogen (secondary N) is 1. The van der Waals surface area contributed by atoms with Gasteiger partial charge in [-0.2, -0.15) is 0 Å². The zero-order valence-electron chi connectivity index (χ0n) is 18.4. The third-order valence-electron chi connectivity index (χ3n) is 5.32. The Hall–Kier alpha value is -3.98. The first kappa shape index (κ1) is 21.8. The first-order chi connectivity index (χ1) is 16.8. The molecule has 3 aromatic carbocycles. The van der Waals surface area contributed by atoms with Crippen LogP contribution >= 0.6 is 11.8 Å². The quantitative estimate of drug-likeness (QED) is 0.330. The van der Waals surface area contributed by atoms with Gasteiger partial charge in [-0.25, -0.2) is 4.68 Å². The average Bonchev–Trinajstić information content (AvgIpc) is 3.48. The summed E-state index contributed by atoms with van der Waals surface area (Å²) in [6.07, 6.45) is 0.391. The lowest BCUT2D eigenvalue weighted by atomic mass is 10.2. The van der Waals surface area contributed by atoms with Gasteiger partial charge in [0.15, 0.2) is 11.0 Å². The van der Waals surface area contributed by atoms with Crippen molar-refractivity contribution in [2.24, 2.45) is 0 Å². The maximum absolute atomic E-state index is 12.3. The molecule has 0 fully saturated rings. The van der Waals surface area contributed by atoms with Gasteiger partial charge < -0.3 is 5.32 Å². The highest BCUT2D eigenvalue weighted by atomic mass is 32.2. The van der Waals surface area contributed by atoms with Crippen molar-refractivity contribution < 1.29 is 4.79 Å². The number of rotatable bonds is 9. The van der Waals surface area contributed by atoms with E-state index in [9.17, 15) is 4.79 Å². The number of fused-ring (bicyclic) bond motifs is 1. The molecule has 0 unspecified atom stereocenters. The molecule has 1 amide bonds. The summed E-state index contributed by atoms with van der Waals surface area (Å²) in [5.74, 6) is 1.35. The van der Waals surface area contributed by atoms with Gasteiger partial charge in [0.1, 0.15) is 12.1 Å². The predicted octanol–water partition coefficient (Wildman–Crippen LogP) is 3.86. The Morgan fingerprint density at radius 2 is 1.59 bits per heavy atom. The molecule has 0 bridgehead atoms. The summed E-state index contributed by atoms with van der Waals surface area (Å²) in [6.45, 7) is 0.959. The number of nitrogens with zero attached hydrogens (tertiary/aromatic N) is 6. The van der Waals surface area contributed by atoms with E-state index in [4.69, 9.17) is 0 Å². The van der Waals surface area contributed by atoms with Crippen LogP contribution in [0.2, 0.25) is 0 Å². The molecule has 170 valence electrons. The van der Waals surface area contributed by atoms with E-state index in [1.54, 1.807) is 0 Å². The standard InChI is InChI=1S/C25H23N7OS/c33-24(26-17-19-9-3-1-4-10-19)15-16-34-25-29-28-23(32(25)20-11-5-2-6-12-20)18-31-22-14-8-7-13-21(22)27-30-31/h1-14H,15-18H2,(H,26,33). The van der Waals surface area contributed by atoms with Crippen LogP contribution in [0.5, 0.6) is 0 Å². The van der Waals surface area contributed by atoms with Crippen molar-refractivity contribution in [3.05, 3.63) is 96.3 Å². The van der Waals surface area contributed by atoms with Crippen LogP contribution in [-0.4, -0.2) is 41.4 Å². The van der Waals surface area contributed by atoms with Crippen molar-refractivity contribution in [3.8, 4) is 5.69 Å². The number of thioether (sulfide) groups is 1. The monoisotopic (exact) mass is 469 g/mol. The SMILES string of the molecule is O=C(CCSc1nnc(Cn2nnc3ccccc32)n1-c1ccccc1)NCc1ccccc1. The number of amides is 1. The molecule has 0 spiro atoms. The van der Waals surface area contributed by atoms with Crippen LogP contribution in [0.1, 0.15) is 17.8 Å². The van der Waals surface area contributed by atoms with Gasteiger partial charge >= 0.3 is 0 Å². The Balaban J connectivity index is 1.29. The number of aromatic nitrogens is 6. The van der Waals surface area contributed by atoms with Crippen molar-refractivity contribution in [1.82, 2.24) is 35.1 Å². The van der Waals surface area contributed by atoms with E-state index in [-0.39, 0.29) is 5.91 Å². The molecule has 9 heteroatoms. The first-order valence-corrected chi connectivity index (χ1v) is 12.0. The fourth-order valence-electron chi connectivity index (χ4n) is 3.62. The molecule has 0 atom stereocenters. The maximum atomic E-state index is 12.3. The van der Waals surface area contributed by atoms with Crippen LogP contribution in [0, 0.1) is 0 Å². The van der Waals surface area contributed by atoms with Gasteiger partial charge in [0, 0.05) is 24.4 Å². The highest BCUT2D eigenvalue weighted by molar-refractivity contribution is 7.99. The molecule has 2 heterocycles. The topological polar surface area (TPSA) is 90.5 Å². The Morgan fingerprint density at radius 1 is 0.853 bits per heavy atom. The molecule has 8 nitrogen and oxygen atoms in total. The molecular weight excluding hydrogens is 446 g/mol. The zero-order valence-corrected chi connectivity index (χ0v) is 19.2. The van der Waals surface area contributed by atoms with Crippen molar-refractivity contribution >= 4 is 28.7 Å². The van der Waals surface area contributed by atoms with Gasteiger partial charge in [0.05, 0.1) is 5.52 Å². The second-order valence-electron chi connectivity index (χ2n) is 7.67. The lowest BCUT2D eigenvalue weighted by Gasteiger charge is -2.10. The summed E-state index contributed by atoms with van der Waals surface area (Å²) >= 11 is 1.51. The van der Waals surface area contributed by atoms with Crippen molar-refractivity contribution in [1.29, 1.82) is 0 Å². The minimum absolute atomic E-state index is 0.0106. The Bertz CT molecular complexity index is 1380. The second kappa shape index (κ2) is 10.3. The molecule has 5 aromatic rings. The molecule has 5 rings (SSSR count). The molecule has 0 aliphatic carbocycles. The Kier molecular flexibility index (Phi) is 6.62. The molecule has 0 aliphatic heterocycles. The second-order valence-corrected chi connectivity index (χ2v) is 8.73. The average molecular weight is 470 g/mol. The van der Waals surface area contributed by atoms with Gasteiger partial charge in [-0.1, -0.05) is 77.6 Å². The predicted molar refractivity (Wildman–Crippen MR) is 132 cm³/mol. The molecule has 1 N–H and O–H groups in total. The highest BCUT2D eigenvalue weighted by Gasteiger charge is 2.17. The van der Waals surface area contributed by atoms with Crippen molar-refractivity contribution in [3.63, 3.8) is 0 Å². The van der Waals surface area contributed by atoms with Gasteiger partial charge in [0.2, 0.25) is 5.91 Å². The van der Waals surface area contributed by atoms with Crippen LogP contribution in [0.4, 0.5) is 0 Å². The minimum Gasteiger partial charge on any atom is -0.352 e. The fraction of sp³-hybridized carbons (Fsp3) is 0.160. The lowest BCUT2D eigenvalue weighted by Crippen LogP contribution is -2.23. The summed E-state index contributed by atoms with van der Waals surface area (Å²) in [7, 11) is 0. The third-order valence-corrected chi connectivity index (χ3v) is 6.25. The number of benzene rings is 3. The van der Waals surface area contributed by atoms with E-state index in [2.05, 4.69) is 25.8 Å². The van der Waals surface area contributed by atoms with Gasteiger partial charge in [-0.15, -0.1) is 15.3 Å². The summed E-state index contributed by atoms with van der Waals surface area (Å²) in [4.78, 5) is 12.3. The Morgan fingerprint density at radius 3 is 2.41 bits per heavy atom. The fourth-order valence-corrected chi connectivity index (χ4v) is 4.53. The summed E-state index contributed by atoms with van der Waals surface area (Å²) < 4.78 is 3.84. The maximum Gasteiger partial charge on any atom is 0.221 e. The molecule has 0 aliphatic rings. The van der Waals surface area contributed by atoms with Gasteiger partial charge in [-0.3, -0.25) is 9.36 Å². The van der Waals surface area contributed by atoms with Crippen LogP contribution in [-0.2, 0) is 17.9 Å². The normalized spacial score (nSPS) is 11.1. The molecule has 0 radical (unpaired) electrons. The molecule has 0 saturated heterocycles. The Labute approximate surface area is 201 Å². The first-order valence-electron chi connectivity index (χ1n) is 11.0. The van der Waals surface area contributed by atoms with Gasteiger partial charge in [0.25, 0.3) is 0 Å². The van der Waals surface area contributed by atoms with E-state index in [1.165, 1.54) is 11.8 Å².